The second-order valence-corrected chi connectivity index (χ2v) is 20.0. The number of benzene rings is 2. The quantitative estimate of drug-likeness (QED) is 0.156. The number of hydrogen-bond acceptors (Lipinski definition) is 16. The number of amides is 2. The average molecular weight is 960 g/mol. The van der Waals surface area contributed by atoms with Crippen LogP contribution < -0.4 is 20.8 Å². The number of carbonyl (C=O) groups excluding carboxylic acids is 4. The molecule has 6 aliphatic heterocycles. The minimum Gasteiger partial charge on any atom is -0.507 e. The van der Waals surface area contributed by atoms with Crippen molar-refractivity contribution in [3.05, 3.63) is 58.0 Å². The lowest BCUT2D eigenvalue weighted by Crippen LogP contribution is -2.47. The summed E-state index contributed by atoms with van der Waals surface area (Å²) in [7, 11) is 1.44. The van der Waals surface area contributed by atoms with Gasteiger partial charge in [-0.2, -0.15) is 0 Å². The predicted octanol–water partition coefficient (Wildman–Crippen LogP) is 3.98. The number of esters is 1. The van der Waals surface area contributed by atoms with Gasteiger partial charge in [0.1, 0.15) is 40.4 Å². The van der Waals surface area contributed by atoms with E-state index < -0.39 is 101 Å². The van der Waals surface area contributed by atoms with Gasteiger partial charge in [-0.05, 0) is 25.8 Å². The highest BCUT2D eigenvalue weighted by molar-refractivity contribution is 6.21. The van der Waals surface area contributed by atoms with Crippen LogP contribution in [0.2, 0.25) is 0 Å². The molecular weight excluding hydrogens is 891 g/mol. The van der Waals surface area contributed by atoms with Gasteiger partial charge in [-0.1, -0.05) is 59.8 Å². The van der Waals surface area contributed by atoms with E-state index in [0.29, 0.717) is 63.8 Å². The molecule has 5 N–H and O–H groups in total. The fraction of sp³-hybridized carbons (Fsp3) is 0.608. The molecule has 0 unspecified atom stereocenters. The first-order chi connectivity index (χ1) is 32.6. The van der Waals surface area contributed by atoms with E-state index in [0.717, 1.165) is 6.54 Å². The average Bonchev–Trinajstić information content (AvgIpc) is 3.82. The zero-order valence-corrected chi connectivity index (χ0v) is 41.4. The molecule has 0 radical (unpaired) electrons. The van der Waals surface area contributed by atoms with Crippen molar-refractivity contribution in [2.75, 3.05) is 58.4 Å². The molecule has 6 heterocycles. The number of Topliss-reactive ketones (excluding diaryl/α,β-unsaturated/α-hetero) is 1. The second-order valence-electron chi connectivity index (χ2n) is 20.0. The van der Waals surface area contributed by atoms with Crippen LogP contribution in [-0.4, -0.2) is 143 Å². The number of nitrogens with zero attached hydrogens (tertiary/aromatic N) is 4. The number of likely N-dealkylation sites (tertiary alicyclic amines) is 1. The van der Waals surface area contributed by atoms with Gasteiger partial charge in [0.15, 0.2) is 5.75 Å². The number of aliphatic hydroxyl groups excluding tert-OH is 2. The first-order valence-corrected chi connectivity index (χ1v) is 24.1. The summed E-state index contributed by atoms with van der Waals surface area (Å²) in [5.74, 6) is -7.89. The lowest BCUT2D eigenvalue weighted by Gasteiger charge is -2.38. The van der Waals surface area contributed by atoms with Gasteiger partial charge in [0, 0.05) is 99.8 Å². The monoisotopic (exact) mass is 959 g/mol. The Bertz CT molecular complexity index is 2560. The van der Waals surface area contributed by atoms with E-state index in [4.69, 9.17) is 28.7 Å². The maximum absolute atomic E-state index is 14.9. The third-order valence-corrected chi connectivity index (χ3v) is 14.5. The van der Waals surface area contributed by atoms with Gasteiger partial charge in [0.2, 0.25) is 5.91 Å². The number of morpholine rings is 1. The van der Waals surface area contributed by atoms with E-state index in [1.807, 2.05) is 0 Å². The number of carbonyl (C=O) groups is 4. The number of aromatic hydroxyl groups is 2. The Balaban J connectivity index is 1.33. The second kappa shape index (κ2) is 20.5. The van der Waals surface area contributed by atoms with Crippen molar-refractivity contribution >= 4 is 40.0 Å². The van der Waals surface area contributed by atoms with E-state index in [2.05, 4.69) is 29.1 Å². The Morgan fingerprint density at radius 2 is 1.61 bits per heavy atom. The number of rotatable bonds is 6. The molecule has 2 aromatic carbocycles. The zero-order valence-electron chi connectivity index (χ0n) is 41.4. The molecule has 5 bridgehead atoms. The van der Waals surface area contributed by atoms with Crippen molar-refractivity contribution in [3.8, 4) is 17.2 Å². The maximum atomic E-state index is 14.9. The van der Waals surface area contributed by atoms with Crippen LogP contribution in [0.15, 0.2) is 46.1 Å². The van der Waals surface area contributed by atoms with E-state index >= 15 is 0 Å². The van der Waals surface area contributed by atoms with Crippen molar-refractivity contribution in [2.45, 2.75) is 117 Å². The van der Waals surface area contributed by atoms with Crippen molar-refractivity contribution in [1.29, 1.82) is 0 Å². The van der Waals surface area contributed by atoms with E-state index in [9.17, 15) is 39.6 Å². The van der Waals surface area contributed by atoms with Crippen molar-refractivity contribution in [1.82, 2.24) is 9.80 Å². The van der Waals surface area contributed by atoms with Crippen LogP contribution in [0.25, 0.3) is 10.8 Å². The zero-order chi connectivity index (χ0) is 50.3. The highest BCUT2D eigenvalue weighted by Crippen LogP contribution is 2.51. The molecule has 2 aromatic rings. The Morgan fingerprint density at radius 1 is 0.928 bits per heavy atom. The summed E-state index contributed by atoms with van der Waals surface area (Å²) < 4.78 is 29.8. The molecule has 2 amide bonds. The van der Waals surface area contributed by atoms with Crippen LogP contribution in [0.4, 0.5) is 5.69 Å². The third kappa shape index (κ3) is 10.1. The van der Waals surface area contributed by atoms with Crippen LogP contribution in [-0.2, 0) is 33.3 Å². The van der Waals surface area contributed by atoms with Gasteiger partial charge >= 0.3 is 11.8 Å². The lowest BCUT2D eigenvalue weighted by atomic mass is 9.78. The summed E-state index contributed by atoms with van der Waals surface area (Å²) in [5, 5.41) is 51.1. The largest absolute Gasteiger partial charge is 0.507 e. The molecule has 0 aromatic heterocycles. The number of anilines is 1. The highest BCUT2D eigenvalue weighted by Gasteiger charge is 2.51. The van der Waals surface area contributed by atoms with Crippen LogP contribution in [0, 0.1) is 36.5 Å². The van der Waals surface area contributed by atoms with E-state index in [1.165, 1.54) is 37.3 Å². The Labute approximate surface area is 402 Å². The van der Waals surface area contributed by atoms with Crippen molar-refractivity contribution < 1.29 is 63.3 Å². The fourth-order valence-electron chi connectivity index (χ4n) is 10.3. The number of phenols is 2. The molecule has 6 aliphatic rings. The summed E-state index contributed by atoms with van der Waals surface area (Å²) >= 11 is 0. The van der Waals surface area contributed by atoms with Gasteiger partial charge in [0.05, 0.1) is 54.4 Å². The minimum atomic E-state index is -2.01. The van der Waals surface area contributed by atoms with Gasteiger partial charge in [0.25, 0.3) is 11.7 Å². The molecule has 8 rings (SSSR count). The third-order valence-electron chi connectivity index (χ3n) is 14.5. The van der Waals surface area contributed by atoms with Crippen LogP contribution >= 0.6 is 0 Å². The smallest absolute Gasteiger partial charge is 0.315 e. The molecule has 2 fully saturated rings. The minimum absolute atomic E-state index is 0.0248. The molecule has 1 spiro atoms. The first-order valence-electron chi connectivity index (χ1n) is 24.1. The van der Waals surface area contributed by atoms with Gasteiger partial charge < -0.3 is 59.2 Å². The summed E-state index contributed by atoms with van der Waals surface area (Å²) in [6.45, 7) is 19.4. The lowest BCUT2D eigenvalue weighted by molar-refractivity contribution is -0.166. The number of phenolic OH excluding ortho intramolecular Hbond substituents is 2. The molecule has 18 nitrogen and oxygen atoms in total. The molecule has 0 saturated carbocycles. The number of nitrogens with one attached hydrogen (secondary N) is 1. The first kappa shape index (κ1) is 51.5. The fourth-order valence-corrected chi connectivity index (χ4v) is 10.3. The standard InChI is InChI=1S/C51H69N5O13/c1-26(2)25-55-17-15-51(16-18-55)53-39-36-37-44(61)32(8)47-38(36)48(63)50(9,69-47)67-21-14-33(65-10)29(5)46(68-35(58)24-34(57)56-19-22-66-23-20-56)31(7)43(60)30(6)42(59)27(3)12-11-13-28(4)49(64)52-41(45(37)62)40(39)54-51/h11-14,21,26-27,29-31,33,42-43,46,53,59-62H,15-20,22-25H2,1-10H3/b12-11+,21-14+,28-13-,52-41?/t27-,29+,30+,31+,33-,42-,43+,46+,50-/m0/s1. The number of fused-ring (bicyclic) bond motifs is 13. The molecule has 2 saturated heterocycles. The molecular formula is C51H69N5O13. The predicted molar refractivity (Wildman–Crippen MR) is 254 cm³/mol. The Morgan fingerprint density at radius 3 is 2.26 bits per heavy atom. The summed E-state index contributed by atoms with van der Waals surface area (Å²) in [6, 6.07) is 0. The molecule has 18 heteroatoms. The Hall–Kier alpha value is -5.40. The summed E-state index contributed by atoms with van der Waals surface area (Å²) in [5.41, 5.74) is -0.241. The molecule has 69 heavy (non-hydrogen) atoms. The molecule has 376 valence electrons. The highest BCUT2D eigenvalue weighted by atomic mass is 16.7. The number of methoxy groups -OCH3 is 1. The number of ketones is 1. The van der Waals surface area contributed by atoms with Crippen molar-refractivity contribution in [3.63, 3.8) is 0 Å². The summed E-state index contributed by atoms with van der Waals surface area (Å²) in [6.07, 6.45) is 3.85. The number of piperidine rings is 1. The van der Waals surface area contributed by atoms with Gasteiger partial charge in [-0.3, -0.25) is 24.2 Å². The number of ether oxygens (including phenoxy) is 5. The topological polar surface area (TPSA) is 239 Å². The number of allylic oxidation sites excluding steroid dienone is 2. The molecule has 9 atom stereocenters. The normalized spacial score (nSPS) is 31.6. The van der Waals surface area contributed by atoms with Crippen LogP contribution in [0.1, 0.15) is 90.6 Å². The van der Waals surface area contributed by atoms with Gasteiger partial charge in [-0.15, -0.1) is 0 Å². The van der Waals surface area contributed by atoms with Crippen molar-refractivity contribution in [2.24, 2.45) is 39.6 Å². The van der Waals surface area contributed by atoms with Crippen LogP contribution in [0.5, 0.6) is 17.2 Å². The van der Waals surface area contributed by atoms with E-state index in [-0.39, 0.29) is 43.9 Å². The maximum Gasteiger partial charge on any atom is 0.315 e. The number of aliphatic hydroxyl groups is 2. The van der Waals surface area contributed by atoms with Gasteiger partial charge in [-0.25, -0.2) is 4.99 Å². The number of hydrogen-bond donors (Lipinski definition) is 5. The SMILES string of the molecule is CO[C@H]1/C=C/O[C@@]2(C)Oc3c(C)c(O)c4c(O)c(c5c(c4c3C2=O)NC2(CCN(CC(C)C)CC2)N=5)=NC(=O)/C(C)=C\C=C\[C@H](C)[C@H](O)[C@@H](C)[C@@H](O)[C@@H](C)[C@H](OC(=O)CC(=O)N2CCOCC2)[C@@H]1C. The summed E-state index contributed by atoms with van der Waals surface area (Å²) in [4.78, 5) is 69.0. The Kier molecular flexibility index (Phi) is 15.3. The van der Waals surface area contributed by atoms with Crippen LogP contribution in [0.3, 0.4) is 0 Å². The van der Waals surface area contributed by atoms with E-state index in [1.54, 1.807) is 53.7 Å². The molecule has 0 aliphatic carbocycles.